The van der Waals surface area contributed by atoms with E-state index in [1.807, 2.05) is 5.48 Å². The van der Waals surface area contributed by atoms with E-state index in [-0.39, 0.29) is 0 Å². The van der Waals surface area contributed by atoms with E-state index in [2.05, 4.69) is 9.57 Å². The molecule has 1 aliphatic rings. The third-order valence-electron chi connectivity index (χ3n) is 0.673. The lowest BCUT2D eigenvalue weighted by Crippen LogP contribution is -2.18. The molecule has 0 spiro atoms. The molecule has 1 heterocycles. The average Bonchev–Trinajstić information content (AvgIpc) is 2.12. The van der Waals surface area contributed by atoms with Gasteiger partial charge < -0.3 is 4.74 Å². The zero-order chi connectivity index (χ0) is 7.61. The zero-order valence-electron chi connectivity index (χ0n) is 4.61. The van der Waals surface area contributed by atoms with Crippen LogP contribution in [0.4, 0.5) is 13.2 Å². The van der Waals surface area contributed by atoms with E-state index in [4.69, 9.17) is 0 Å². The van der Waals surface area contributed by atoms with Gasteiger partial charge in [-0.1, -0.05) is 0 Å². The number of hydrogen-bond acceptors (Lipinski definition) is 3. The van der Waals surface area contributed by atoms with Gasteiger partial charge in [-0.25, -0.2) is 5.48 Å². The lowest BCUT2D eigenvalue weighted by Gasteiger charge is -2.08. The highest BCUT2D eigenvalue weighted by Crippen LogP contribution is 2.20. The van der Waals surface area contributed by atoms with Crippen molar-refractivity contribution in [2.24, 2.45) is 0 Å². The van der Waals surface area contributed by atoms with Crippen molar-refractivity contribution >= 4 is 0 Å². The van der Waals surface area contributed by atoms with E-state index in [1.54, 1.807) is 0 Å². The van der Waals surface area contributed by atoms with E-state index in [9.17, 15) is 13.2 Å². The Morgan fingerprint density at radius 1 is 1.50 bits per heavy atom. The summed E-state index contributed by atoms with van der Waals surface area (Å²) in [5.41, 5.74) is 1.88. The van der Waals surface area contributed by atoms with Crippen LogP contribution < -0.4 is 5.48 Å². The molecule has 0 atom stereocenters. The van der Waals surface area contributed by atoms with E-state index < -0.39 is 12.2 Å². The normalized spacial score (nSPS) is 18.1. The van der Waals surface area contributed by atoms with Crippen LogP contribution in [0.5, 0.6) is 0 Å². The van der Waals surface area contributed by atoms with Crippen molar-refractivity contribution in [3.63, 3.8) is 0 Å². The number of alkyl halides is 3. The third-order valence-corrected chi connectivity index (χ3v) is 0.673. The Morgan fingerprint density at radius 3 is 2.60 bits per heavy atom. The van der Waals surface area contributed by atoms with Gasteiger partial charge in [-0.15, -0.1) is 13.2 Å². The van der Waals surface area contributed by atoms with Gasteiger partial charge in [0.15, 0.2) is 0 Å². The molecular weight excluding hydrogens is 151 g/mol. The maximum atomic E-state index is 11.3. The third kappa shape index (κ3) is 2.14. The highest BCUT2D eigenvalue weighted by atomic mass is 19.4. The summed E-state index contributed by atoms with van der Waals surface area (Å²) in [6.07, 6.45) is -3.64. The molecule has 0 fully saturated rings. The predicted octanol–water partition coefficient (Wildman–Crippen LogP) is 1.06. The molecule has 0 saturated carbocycles. The van der Waals surface area contributed by atoms with Crippen LogP contribution in [-0.2, 0) is 9.57 Å². The van der Waals surface area contributed by atoms with Crippen LogP contribution in [0.15, 0.2) is 12.0 Å². The first-order valence-corrected chi connectivity index (χ1v) is 2.29. The number of hydrogen-bond donors (Lipinski definition) is 1. The molecule has 0 unspecified atom stereocenters. The number of halogens is 3. The highest BCUT2D eigenvalue weighted by molar-refractivity contribution is 4.99. The zero-order valence-corrected chi connectivity index (χ0v) is 4.61. The molecule has 0 saturated heterocycles. The maximum absolute atomic E-state index is 11.3. The van der Waals surface area contributed by atoms with Gasteiger partial charge in [0.25, 0.3) is 0 Å². The Hall–Kier alpha value is -0.910. The van der Waals surface area contributed by atoms with Crippen LogP contribution in [0.3, 0.4) is 0 Å². The molecule has 10 heavy (non-hydrogen) atoms. The Morgan fingerprint density at radius 2 is 2.20 bits per heavy atom. The van der Waals surface area contributed by atoms with E-state index in [0.29, 0.717) is 0 Å². The number of rotatable bonds is 1. The molecule has 0 bridgehead atoms. The summed E-state index contributed by atoms with van der Waals surface area (Å²) in [5, 5.41) is 0. The monoisotopic (exact) mass is 154 g/mol. The Labute approximate surface area is 54.4 Å². The van der Waals surface area contributed by atoms with Gasteiger partial charge in [0.2, 0.25) is 5.88 Å². The van der Waals surface area contributed by atoms with Crippen LogP contribution in [0.2, 0.25) is 0 Å². The molecule has 0 aromatic heterocycles. The van der Waals surface area contributed by atoms with Crippen LogP contribution >= 0.6 is 0 Å². The summed E-state index contributed by atoms with van der Waals surface area (Å²) in [4.78, 5) is 4.21. The number of nitrogens with one attached hydrogen (secondary N) is 1. The smallest absolute Gasteiger partial charge is 0.388 e. The molecule has 0 aromatic carbocycles. The fourth-order valence-electron chi connectivity index (χ4n) is 0.401. The van der Waals surface area contributed by atoms with Gasteiger partial charge >= 0.3 is 6.36 Å². The molecule has 57 valence electrons. The fourth-order valence-corrected chi connectivity index (χ4v) is 0.401. The summed E-state index contributed by atoms with van der Waals surface area (Å²) in [7, 11) is 0. The lowest BCUT2D eigenvalue weighted by atomic mass is 10.6. The van der Waals surface area contributed by atoms with Gasteiger partial charge in [0.05, 0.1) is 0 Å². The van der Waals surface area contributed by atoms with E-state index in [1.165, 1.54) is 0 Å². The van der Waals surface area contributed by atoms with Gasteiger partial charge in [0, 0.05) is 6.08 Å². The van der Waals surface area contributed by atoms with Crippen molar-refractivity contribution in [2.75, 3.05) is 0 Å². The van der Waals surface area contributed by atoms with Crippen LogP contribution in [0.1, 0.15) is 0 Å². The van der Waals surface area contributed by atoms with E-state index >= 15 is 0 Å². The SMILES string of the molecule is FC(F)(F)OC1=C[CH]ON1. The first kappa shape index (κ1) is 7.20. The summed E-state index contributed by atoms with van der Waals surface area (Å²) in [6, 6.07) is 0. The lowest BCUT2D eigenvalue weighted by molar-refractivity contribution is -0.310. The summed E-state index contributed by atoms with van der Waals surface area (Å²) in [6.45, 7) is 1.04. The van der Waals surface area contributed by atoms with Crippen LogP contribution in [0, 0.1) is 6.61 Å². The van der Waals surface area contributed by atoms with Gasteiger partial charge in [0.1, 0.15) is 6.61 Å². The van der Waals surface area contributed by atoms with Crippen molar-refractivity contribution in [1.82, 2.24) is 5.48 Å². The number of ether oxygens (including phenoxy) is 1. The number of hydroxylamine groups is 1. The first-order valence-electron chi connectivity index (χ1n) is 2.29. The molecule has 1 aliphatic heterocycles. The quantitative estimate of drug-likeness (QED) is 0.612. The molecule has 3 nitrogen and oxygen atoms in total. The van der Waals surface area contributed by atoms with Crippen molar-refractivity contribution in [2.45, 2.75) is 6.36 Å². The summed E-state index contributed by atoms with van der Waals surface area (Å²) in [5.74, 6) is -0.465. The van der Waals surface area contributed by atoms with Crippen molar-refractivity contribution < 1.29 is 22.7 Å². The molecule has 1 radical (unpaired) electrons. The predicted molar refractivity (Wildman–Crippen MR) is 23.7 cm³/mol. The second-order valence-corrected chi connectivity index (χ2v) is 1.43. The second kappa shape index (κ2) is 2.37. The van der Waals surface area contributed by atoms with Crippen LogP contribution in [0.25, 0.3) is 0 Å². The fraction of sp³-hybridized carbons (Fsp3) is 0.250. The van der Waals surface area contributed by atoms with Crippen LogP contribution in [-0.4, -0.2) is 6.36 Å². The van der Waals surface area contributed by atoms with Crippen molar-refractivity contribution in [1.29, 1.82) is 0 Å². The van der Waals surface area contributed by atoms with Gasteiger partial charge in [-0.3, -0.25) is 4.84 Å². The molecular formula is C4H3F3NO2. The topological polar surface area (TPSA) is 30.5 Å². The van der Waals surface area contributed by atoms with Gasteiger partial charge in [-0.05, 0) is 0 Å². The van der Waals surface area contributed by atoms with Crippen molar-refractivity contribution in [3.8, 4) is 0 Å². The summed E-state index contributed by atoms with van der Waals surface area (Å²) < 4.78 is 37.4. The second-order valence-electron chi connectivity index (χ2n) is 1.43. The largest absolute Gasteiger partial charge is 0.574 e. The minimum atomic E-state index is -4.67. The first-order chi connectivity index (χ1) is 4.58. The average molecular weight is 154 g/mol. The molecule has 0 aliphatic carbocycles. The highest BCUT2D eigenvalue weighted by Gasteiger charge is 2.33. The van der Waals surface area contributed by atoms with E-state index in [0.717, 1.165) is 12.7 Å². The molecule has 6 heteroatoms. The summed E-state index contributed by atoms with van der Waals surface area (Å²) >= 11 is 0. The minimum absolute atomic E-state index is 0.465. The Bertz CT molecular complexity index is 153. The molecule has 1 N–H and O–H groups in total. The molecule has 0 aromatic rings. The Balaban J connectivity index is 2.38. The standard InChI is InChI=1S/C4H3F3NO2/c5-4(6,7)10-3-1-2-9-8-3/h1-2,8H. The molecule has 1 rings (SSSR count). The van der Waals surface area contributed by atoms with Crippen molar-refractivity contribution in [3.05, 3.63) is 18.6 Å². The Kier molecular flexibility index (Phi) is 1.71. The molecule has 0 amide bonds. The van der Waals surface area contributed by atoms with Gasteiger partial charge in [-0.2, -0.15) is 0 Å². The minimum Gasteiger partial charge on any atom is -0.388 e. The maximum Gasteiger partial charge on any atom is 0.574 e.